The number of nitrogens with one attached hydrogen (secondary N) is 2. The molecule has 0 radical (unpaired) electrons. The maximum Gasteiger partial charge on any atom is 0.191 e. The third-order valence-electron chi connectivity index (χ3n) is 4.58. The predicted octanol–water partition coefficient (Wildman–Crippen LogP) is 1.73. The Hall–Kier alpha value is -1.57. The molecule has 7 heteroatoms. The van der Waals surface area contributed by atoms with E-state index in [1.807, 2.05) is 12.1 Å². The number of ether oxygens (including phenoxy) is 3. The minimum Gasteiger partial charge on any atom is -0.469 e. The molecule has 7 nitrogen and oxygen atoms in total. The Labute approximate surface area is 155 Å². The molecule has 2 saturated heterocycles. The van der Waals surface area contributed by atoms with E-state index in [4.69, 9.17) is 18.6 Å². The average Bonchev–Trinajstić information content (AvgIpc) is 3.42. The van der Waals surface area contributed by atoms with Crippen LogP contribution in [0, 0.1) is 0 Å². The first kappa shape index (κ1) is 19.2. The maximum atomic E-state index is 5.80. The van der Waals surface area contributed by atoms with Crippen molar-refractivity contribution in [3.8, 4) is 0 Å². The normalized spacial score (nSPS) is 23.5. The summed E-state index contributed by atoms with van der Waals surface area (Å²) in [5.74, 6) is 1.81. The van der Waals surface area contributed by atoms with Gasteiger partial charge < -0.3 is 29.3 Å². The van der Waals surface area contributed by atoms with E-state index in [9.17, 15) is 0 Å². The van der Waals surface area contributed by atoms with E-state index in [0.29, 0.717) is 6.54 Å². The fourth-order valence-corrected chi connectivity index (χ4v) is 3.09. The van der Waals surface area contributed by atoms with E-state index >= 15 is 0 Å². The molecule has 2 unspecified atom stereocenters. The van der Waals surface area contributed by atoms with Crippen LogP contribution in [0.15, 0.2) is 27.8 Å². The molecule has 1 aromatic heterocycles. The van der Waals surface area contributed by atoms with E-state index < -0.39 is 0 Å². The van der Waals surface area contributed by atoms with Gasteiger partial charge in [-0.3, -0.25) is 4.99 Å². The van der Waals surface area contributed by atoms with E-state index in [1.165, 1.54) is 0 Å². The summed E-state index contributed by atoms with van der Waals surface area (Å²) in [6.07, 6.45) is 7.25. The number of nitrogens with zero attached hydrogens (tertiary/aromatic N) is 1. The van der Waals surface area contributed by atoms with Crippen LogP contribution in [-0.4, -0.2) is 64.2 Å². The summed E-state index contributed by atoms with van der Waals surface area (Å²) in [6.45, 7) is 5.46. The highest BCUT2D eigenvalue weighted by Gasteiger charge is 2.16. The SMILES string of the molecule is c1coc(CCNC(=NCC2CCCO2)NCCCOC2CCOC2)c1. The monoisotopic (exact) mass is 365 g/mol. The van der Waals surface area contributed by atoms with Gasteiger partial charge in [-0.15, -0.1) is 0 Å². The highest BCUT2D eigenvalue weighted by molar-refractivity contribution is 5.79. The third-order valence-corrected chi connectivity index (χ3v) is 4.58. The van der Waals surface area contributed by atoms with Crippen LogP contribution in [0.2, 0.25) is 0 Å². The van der Waals surface area contributed by atoms with Crippen molar-refractivity contribution >= 4 is 5.96 Å². The fourth-order valence-electron chi connectivity index (χ4n) is 3.09. The van der Waals surface area contributed by atoms with Crippen LogP contribution in [0.4, 0.5) is 0 Å². The summed E-state index contributed by atoms with van der Waals surface area (Å²) in [5, 5.41) is 6.77. The zero-order valence-corrected chi connectivity index (χ0v) is 15.5. The molecule has 2 aliphatic heterocycles. The van der Waals surface area contributed by atoms with Crippen LogP contribution in [0.25, 0.3) is 0 Å². The molecule has 0 aromatic carbocycles. The van der Waals surface area contributed by atoms with Crippen molar-refractivity contribution in [3.63, 3.8) is 0 Å². The van der Waals surface area contributed by atoms with Gasteiger partial charge in [0.25, 0.3) is 0 Å². The second-order valence-electron chi connectivity index (χ2n) is 6.72. The molecule has 0 saturated carbocycles. The Kier molecular flexibility index (Phi) is 8.28. The first-order valence-corrected chi connectivity index (χ1v) is 9.75. The number of hydrogen-bond acceptors (Lipinski definition) is 5. The van der Waals surface area contributed by atoms with Crippen molar-refractivity contribution in [1.82, 2.24) is 10.6 Å². The molecule has 146 valence electrons. The van der Waals surface area contributed by atoms with Gasteiger partial charge in [-0.1, -0.05) is 0 Å². The second kappa shape index (κ2) is 11.2. The molecule has 3 heterocycles. The summed E-state index contributed by atoms with van der Waals surface area (Å²) >= 11 is 0. The Bertz CT molecular complexity index is 509. The number of rotatable bonds is 10. The Balaban J connectivity index is 1.35. The molecule has 3 rings (SSSR count). The molecule has 1 aromatic rings. The summed E-state index contributed by atoms with van der Waals surface area (Å²) in [6, 6.07) is 3.90. The molecular weight excluding hydrogens is 334 g/mol. The van der Waals surface area contributed by atoms with Crippen LogP contribution in [0.1, 0.15) is 31.4 Å². The van der Waals surface area contributed by atoms with Gasteiger partial charge in [0.1, 0.15) is 5.76 Å². The van der Waals surface area contributed by atoms with Crippen molar-refractivity contribution in [3.05, 3.63) is 24.2 Å². The quantitative estimate of drug-likeness (QED) is 0.374. The molecule has 2 fully saturated rings. The molecule has 0 spiro atoms. The fraction of sp³-hybridized carbons (Fsp3) is 0.737. The Morgan fingerprint density at radius 3 is 2.96 bits per heavy atom. The van der Waals surface area contributed by atoms with E-state index in [1.54, 1.807) is 6.26 Å². The highest BCUT2D eigenvalue weighted by Crippen LogP contribution is 2.11. The maximum absolute atomic E-state index is 5.80. The van der Waals surface area contributed by atoms with Crippen LogP contribution >= 0.6 is 0 Å². The first-order chi connectivity index (χ1) is 12.9. The standard InChI is InChI=1S/C19H31N3O4/c1-4-16(24-10-1)6-9-21-19(22-14-17-5-2-11-25-17)20-8-3-12-26-18-7-13-23-15-18/h1,4,10,17-18H,2-3,5-9,11-15H2,(H2,20,21,22). The van der Waals surface area contributed by atoms with Gasteiger partial charge in [0, 0.05) is 39.3 Å². The minimum absolute atomic E-state index is 0.254. The zero-order valence-electron chi connectivity index (χ0n) is 15.5. The minimum atomic E-state index is 0.254. The number of furan rings is 1. The second-order valence-corrected chi connectivity index (χ2v) is 6.72. The Morgan fingerprint density at radius 1 is 1.23 bits per heavy atom. The van der Waals surface area contributed by atoms with Gasteiger partial charge in [0.2, 0.25) is 0 Å². The van der Waals surface area contributed by atoms with Crippen molar-refractivity contribution in [2.45, 2.75) is 44.3 Å². The highest BCUT2D eigenvalue weighted by atomic mass is 16.5. The van der Waals surface area contributed by atoms with Crippen LogP contribution < -0.4 is 10.6 Å². The number of hydrogen-bond donors (Lipinski definition) is 2. The van der Waals surface area contributed by atoms with Crippen molar-refractivity contribution < 1.29 is 18.6 Å². The lowest BCUT2D eigenvalue weighted by Gasteiger charge is -2.14. The molecule has 0 bridgehead atoms. The molecule has 2 N–H and O–H groups in total. The summed E-state index contributed by atoms with van der Waals surface area (Å²) in [7, 11) is 0. The smallest absolute Gasteiger partial charge is 0.191 e. The van der Waals surface area contributed by atoms with Crippen molar-refractivity contribution in [1.29, 1.82) is 0 Å². The van der Waals surface area contributed by atoms with E-state index in [2.05, 4.69) is 15.6 Å². The topological polar surface area (TPSA) is 77.3 Å². The largest absolute Gasteiger partial charge is 0.469 e. The first-order valence-electron chi connectivity index (χ1n) is 9.75. The molecule has 2 atom stereocenters. The van der Waals surface area contributed by atoms with Gasteiger partial charge in [0.15, 0.2) is 5.96 Å². The lowest BCUT2D eigenvalue weighted by molar-refractivity contribution is 0.0420. The lowest BCUT2D eigenvalue weighted by atomic mass is 10.2. The van der Waals surface area contributed by atoms with E-state index in [-0.39, 0.29) is 12.2 Å². The predicted molar refractivity (Wildman–Crippen MR) is 99.5 cm³/mol. The van der Waals surface area contributed by atoms with Gasteiger partial charge in [-0.05, 0) is 37.8 Å². The molecule has 26 heavy (non-hydrogen) atoms. The molecular formula is C19H31N3O4. The summed E-state index contributed by atoms with van der Waals surface area (Å²) in [5.41, 5.74) is 0. The van der Waals surface area contributed by atoms with Crippen LogP contribution in [0.3, 0.4) is 0 Å². The lowest BCUT2D eigenvalue weighted by Crippen LogP contribution is -2.39. The number of guanidine groups is 1. The third kappa shape index (κ3) is 6.97. The zero-order chi connectivity index (χ0) is 17.9. The summed E-state index contributed by atoms with van der Waals surface area (Å²) in [4.78, 5) is 4.68. The van der Waals surface area contributed by atoms with Gasteiger partial charge >= 0.3 is 0 Å². The van der Waals surface area contributed by atoms with Crippen molar-refractivity contribution in [2.75, 3.05) is 46.1 Å². The van der Waals surface area contributed by atoms with Gasteiger partial charge in [0.05, 0.1) is 31.6 Å². The molecule has 0 amide bonds. The molecule has 0 aliphatic carbocycles. The van der Waals surface area contributed by atoms with Crippen LogP contribution in [-0.2, 0) is 20.6 Å². The Morgan fingerprint density at radius 2 is 2.19 bits per heavy atom. The summed E-state index contributed by atoms with van der Waals surface area (Å²) < 4.78 is 22.1. The average molecular weight is 365 g/mol. The van der Waals surface area contributed by atoms with E-state index in [0.717, 1.165) is 83.3 Å². The molecule has 2 aliphatic rings. The van der Waals surface area contributed by atoms with Crippen LogP contribution in [0.5, 0.6) is 0 Å². The van der Waals surface area contributed by atoms with Gasteiger partial charge in [-0.25, -0.2) is 0 Å². The number of aliphatic imine (C=N–C) groups is 1. The van der Waals surface area contributed by atoms with Gasteiger partial charge in [-0.2, -0.15) is 0 Å². The van der Waals surface area contributed by atoms with Crippen molar-refractivity contribution in [2.24, 2.45) is 4.99 Å².